The second-order valence-corrected chi connectivity index (χ2v) is 8.45. The first-order valence-electron chi connectivity index (χ1n) is 11.3. The van der Waals surface area contributed by atoms with Crippen molar-refractivity contribution in [3.05, 3.63) is 78.8 Å². The molecule has 1 aliphatic rings. The van der Waals surface area contributed by atoms with Crippen molar-refractivity contribution in [2.24, 2.45) is 0 Å². The lowest BCUT2D eigenvalue weighted by molar-refractivity contribution is 0.187. The van der Waals surface area contributed by atoms with E-state index >= 15 is 0 Å². The number of nitrogens with one attached hydrogen (secondary N) is 1. The number of hydrogen-bond acceptors (Lipinski definition) is 6. The zero-order valence-electron chi connectivity index (χ0n) is 18.4. The van der Waals surface area contributed by atoms with Crippen LogP contribution in [0.15, 0.2) is 77.4 Å². The maximum Gasteiger partial charge on any atom is 0.321 e. The van der Waals surface area contributed by atoms with Gasteiger partial charge >= 0.3 is 6.03 Å². The third-order valence-electron chi connectivity index (χ3n) is 6.24. The van der Waals surface area contributed by atoms with E-state index in [-0.39, 0.29) is 11.9 Å². The fraction of sp³-hybridized carbons (Fsp3) is 0.192. The second kappa shape index (κ2) is 8.55. The van der Waals surface area contributed by atoms with Crippen LogP contribution in [0.5, 0.6) is 0 Å². The van der Waals surface area contributed by atoms with Gasteiger partial charge in [-0.15, -0.1) is 0 Å². The van der Waals surface area contributed by atoms with Crippen LogP contribution in [-0.2, 0) is 0 Å². The van der Waals surface area contributed by atoms with Gasteiger partial charge in [-0.1, -0.05) is 47.6 Å². The molecule has 1 saturated heterocycles. The third kappa shape index (κ3) is 3.94. The average Bonchev–Trinajstić information content (AvgIpc) is 3.39. The molecule has 5 aromatic rings. The van der Waals surface area contributed by atoms with E-state index in [9.17, 15) is 4.79 Å². The molecule has 8 nitrogen and oxygen atoms in total. The van der Waals surface area contributed by atoms with E-state index in [2.05, 4.69) is 25.4 Å². The van der Waals surface area contributed by atoms with E-state index in [0.29, 0.717) is 36.2 Å². The number of carbonyl (C=O) groups is 1. The molecular formula is C26H22N6O2. The maximum absolute atomic E-state index is 12.8. The number of aromatic nitrogens is 4. The number of pyridine rings is 2. The van der Waals surface area contributed by atoms with Gasteiger partial charge in [0.1, 0.15) is 5.69 Å². The van der Waals surface area contributed by atoms with Crippen LogP contribution in [-0.4, -0.2) is 44.1 Å². The van der Waals surface area contributed by atoms with Crippen LogP contribution in [0.25, 0.3) is 33.3 Å². The summed E-state index contributed by atoms with van der Waals surface area (Å²) >= 11 is 0. The fourth-order valence-electron chi connectivity index (χ4n) is 4.37. The van der Waals surface area contributed by atoms with Crippen molar-refractivity contribution in [3.63, 3.8) is 0 Å². The van der Waals surface area contributed by atoms with E-state index in [4.69, 9.17) is 4.52 Å². The van der Waals surface area contributed by atoms with Gasteiger partial charge in [0, 0.05) is 29.8 Å². The summed E-state index contributed by atoms with van der Waals surface area (Å²) in [5, 5.41) is 9.18. The monoisotopic (exact) mass is 450 g/mol. The van der Waals surface area contributed by atoms with Gasteiger partial charge in [-0.25, -0.2) is 9.78 Å². The highest BCUT2D eigenvalue weighted by molar-refractivity contribution is 5.92. The molecule has 168 valence electrons. The lowest BCUT2D eigenvalue weighted by atomic mass is 9.97. The smallest absolute Gasteiger partial charge is 0.321 e. The standard InChI is InChI=1S/C26H22N6O2/c33-26(28-20-15-19-6-2-3-7-21(19)27-16-20)32-13-11-18(12-14-32)25-30-24(31-34-25)23-10-9-17-5-1-4-8-22(17)29-23/h1-10,15-16,18H,11-14H2,(H,28,33). The molecule has 4 heterocycles. The number of para-hydroxylation sites is 2. The van der Waals surface area contributed by atoms with Gasteiger partial charge in [0.05, 0.1) is 22.9 Å². The zero-order chi connectivity index (χ0) is 22.9. The number of urea groups is 1. The van der Waals surface area contributed by atoms with Crippen molar-refractivity contribution < 1.29 is 9.32 Å². The van der Waals surface area contributed by atoms with Gasteiger partial charge in [0.25, 0.3) is 0 Å². The highest BCUT2D eigenvalue weighted by Crippen LogP contribution is 2.29. The van der Waals surface area contributed by atoms with E-state index in [1.54, 1.807) is 6.20 Å². The van der Waals surface area contributed by atoms with Crippen molar-refractivity contribution in [1.29, 1.82) is 0 Å². The lowest BCUT2D eigenvalue weighted by Crippen LogP contribution is -2.40. The molecule has 0 saturated carbocycles. The number of carbonyl (C=O) groups excluding carboxylic acids is 1. The Balaban J connectivity index is 1.10. The SMILES string of the molecule is O=C(Nc1cnc2ccccc2c1)N1CCC(c2nc(-c3ccc4ccccc4n3)no2)CC1. The molecule has 34 heavy (non-hydrogen) atoms. The molecule has 8 heteroatoms. The van der Waals surface area contributed by atoms with Gasteiger partial charge in [-0.05, 0) is 37.1 Å². The number of hydrogen-bond donors (Lipinski definition) is 1. The Morgan fingerprint density at radius 1 is 0.912 bits per heavy atom. The number of anilines is 1. The van der Waals surface area contributed by atoms with E-state index < -0.39 is 0 Å². The minimum Gasteiger partial charge on any atom is -0.339 e. The summed E-state index contributed by atoms with van der Waals surface area (Å²) < 4.78 is 5.57. The number of fused-ring (bicyclic) bond motifs is 2. The van der Waals surface area contributed by atoms with Gasteiger partial charge in [-0.2, -0.15) is 4.98 Å². The number of rotatable bonds is 3. The predicted octanol–water partition coefficient (Wildman–Crippen LogP) is 5.24. The molecule has 2 aromatic carbocycles. The van der Waals surface area contributed by atoms with Gasteiger partial charge in [-0.3, -0.25) is 4.98 Å². The molecule has 0 bridgehead atoms. The number of benzene rings is 2. The molecule has 1 fully saturated rings. The van der Waals surface area contributed by atoms with Crippen molar-refractivity contribution in [2.75, 3.05) is 18.4 Å². The van der Waals surface area contributed by atoms with Crippen molar-refractivity contribution in [2.45, 2.75) is 18.8 Å². The van der Waals surface area contributed by atoms with E-state index in [1.807, 2.05) is 71.6 Å². The summed E-state index contributed by atoms with van der Waals surface area (Å²) in [4.78, 5) is 28.2. The summed E-state index contributed by atoms with van der Waals surface area (Å²) in [6.07, 6.45) is 3.21. The van der Waals surface area contributed by atoms with Crippen molar-refractivity contribution >= 4 is 33.5 Å². The number of likely N-dealkylation sites (tertiary alicyclic amines) is 1. The Bertz CT molecular complexity index is 1490. The molecule has 0 radical (unpaired) electrons. The summed E-state index contributed by atoms with van der Waals surface area (Å²) in [6.45, 7) is 1.23. The molecule has 6 rings (SSSR count). The van der Waals surface area contributed by atoms with Crippen LogP contribution in [0.1, 0.15) is 24.7 Å². The number of amides is 2. The predicted molar refractivity (Wildman–Crippen MR) is 129 cm³/mol. The van der Waals surface area contributed by atoms with Gasteiger partial charge in [0.15, 0.2) is 0 Å². The summed E-state index contributed by atoms with van der Waals surface area (Å²) in [6, 6.07) is 21.5. The summed E-state index contributed by atoms with van der Waals surface area (Å²) in [5.41, 5.74) is 3.18. The van der Waals surface area contributed by atoms with Crippen LogP contribution in [0.2, 0.25) is 0 Å². The average molecular weight is 451 g/mol. The van der Waals surface area contributed by atoms with E-state index in [0.717, 1.165) is 34.6 Å². The minimum atomic E-state index is -0.123. The Labute approximate surface area is 195 Å². The molecule has 2 amide bonds. The molecule has 0 unspecified atom stereocenters. The van der Waals surface area contributed by atoms with Gasteiger partial charge in [0.2, 0.25) is 11.7 Å². The maximum atomic E-state index is 12.8. The topological polar surface area (TPSA) is 97.0 Å². The molecule has 0 atom stereocenters. The fourth-order valence-corrected chi connectivity index (χ4v) is 4.37. The lowest BCUT2D eigenvalue weighted by Gasteiger charge is -2.30. The molecule has 1 aliphatic heterocycles. The largest absolute Gasteiger partial charge is 0.339 e. The first-order valence-corrected chi connectivity index (χ1v) is 11.3. The van der Waals surface area contributed by atoms with Crippen LogP contribution in [0.3, 0.4) is 0 Å². The molecule has 0 aliphatic carbocycles. The highest BCUT2D eigenvalue weighted by Gasteiger charge is 2.28. The van der Waals surface area contributed by atoms with E-state index in [1.165, 1.54) is 0 Å². The van der Waals surface area contributed by atoms with Crippen LogP contribution < -0.4 is 5.32 Å². The Hall–Kier alpha value is -4.33. The Morgan fingerprint density at radius 2 is 1.68 bits per heavy atom. The zero-order valence-corrected chi connectivity index (χ0v) is 18.4. The molecule has 1 N–H and O–H groups in total. The van der Waals surface area contributed by atoms with Crippen LogP contribution in [0, 0.1) is 0 Å². The summed E-state index contributed by atoms with van der Waals surface area (Å²) in [5.74, 6) is 1.21. The quantitative estimate of drug-likeness (QED) is 0.403. The molecular weight excluding hydrogens is 428 g/mol. The van der Waals surface area contributed by atoms with Crippen LogP contribution in [0.4, 0.5) is 10.5 Å². The highest BCUT2D eigenvalue weighted by atomic mass is 16.5. The van der Waals surface area contributed by atoms with Crippen LogP contribution >= 0.6 is 0 Å². The van der Waals surface area contributed by atoms with Gasteiger partial charge < -0.3 is 14.7 Å². The van der Waals surface area contributed by atoms with Crippen molar-refractivity contribution in [1.82, 2.24) is 25.0 Å². The normalized spacial score (nSPS) is 14.5. The second-order valence-electron chi connectivity index (χ2n) is 8.45. The summed E-state index contributed by atoms with van der Waals surface area (Å²) in [7, 11) is 0. The number of nitrogens with zero attached hydrogens (tertiary/aromatic N) is 5. The Kier molecular flexibility index (Phi) is 5.10. The third-order valence-corrected chi connectivity index (χ3v) is 6.24. The molecule has 3 aromatic heterocycles. The minimum absolute atomic E-state index is 0.119. The first kappa shape index (κ1) is 20.3. The molecule has 0 spiro atoms. The Morgan fingerprint density at radius 3 is 2.53 bits per heavy atom. The van der Waals surface area contributed by atoms with Crippen molar-refractivity contribution in [3.8, 4) is 11.5 Å². The first-order chi connectivity index (χ1) is 16.7. The number of piperidine rings is 1.